The highest BCUT2D eigenvalue weighted by Crippen LogP contribution is 2.16. The van der Waals surface area contributed by atoms with Crippen molar-refractivity contribution in [1.29, 1.82) is 5.26 Å². The monoisotopic (exact) mass is 294 g/mol. The summed E-state index contributed by atoms with van der Waals surface area (Å²) in [6.45, 7) is 3.95. The molecule has 0 spiro atoms. The van der Waals surface area contributed by atoms with Crippen molar-refractivity contribution in [2.75, 3.05) is 36.5 Å². The molecule has 0 unspecified atom stereocenters. The quantitative estimate of drug-likeness (QED) is 0.938. The summed E-state index contributed by atoms with van der Waals surface area (Å²) in [5.41, 5.74) is 2.59. The summed E-state index contributed by atoms with van der Waals surface area (Å²) in [6.07, 6.45) is 1.88. The summed E-state index contributed by atoms with van der Waals surface area (Å²) in [5.74, 6) is 0.990. The van der Waals surface area contributed by atoms with Gasteiger partial charge in [-0.25, -0.2) is 4.98 Å². The molecule has 1 saturated heterocycles. The predicted octanol–water partition coefficient (Wildman–Crippen LogP) is 2.40. The lowest BCUT2D eigenvalue weighted by Gasteiger charge is -2.27. The standard InChI is InChI=1S/C17H18N4O/c18-11-15-3-1-2-4-16(15)19-12-14-5-6-17(20-13-14)21-7-9-22-10-8-21/h1-6,13,19H,7-10,12H2. The first-order valence-electron chi connectivity index (χ1n) is 7.37. The van der Waals surface area contributed by atoms with Crippen LogP contribution in [0.2, 0.25) is 0 Å². The van der Waals surface area contributed by atoms with Gasteiger partial charge in [-0.2, -0.15) is 5.26 Å². The Labute approximate surface area is 130 Å². The van der Waals surface area contributed by atoms with Crippen LogP contribution in [0.15, 0.2) is 42.6 Å². The summed E-state index contributed by atoms with van der Waals surface area (Å²) >= 11 is 0. The van der Waals surface area contributed by atoms with Crippen LogP contribution in [-0.2, 0) is 11.3 Å². The molecule has 0 amide bonds. The van der Waals surface area contributed by atoms with Crippen molar-refractivity contribution in [3.63, 3.8) is 0 Å². The summed E-state index contributed by atoms with van der Waals surface area (Å²) in [4.78, 5) is 6.75. The minimum atomic E-state index is 0.648. The van der Waals surface area contributed by atoms with Gasteiger partial charge in [0.05, 0.1) is 24.5 Å². The van der Waals surface area contributed by atoms with Crippen molar-refractivity contribution in [2.24, 2.45) is 0 Å². The van der Waals surface area contributed by atoms with Gasteiger partial charge < -0.3 is 15.0 Å². The molecule has 5 heteroatoms. The molecule has 2 aromatic rings. The number of morpholine rings is 1. The van der Waals surface area contributed by atoms with E-state index in [0.717, 1.165) is 43.4 Å². The Morgan fingerprint density at radius 2 is 2.00 bits per heavy atom. The third-order valence-electron chi connectivity index (χ3n) is 3.67. The predicted molar refractivity (Wildman–Crippen MR) is 85.8 cm³/mol. The normalized spacial score (nSPS) is 14.4. The minimum absolute atomic E-state index is 0.648. The molecule has 5 nitrogen and oxygen atoms in total. The van der Waals surface area contributed by atoms with Gasteiger partial charge in [0.1, 0.15) is 11.9 Å². The molecule has 112 valence electrons. The number of hydrogen-bond donors (Lipinski definition) is 1. The molecule has 0 bridgehead atoms. The van der Waals surface area contributed by atoms with Crippen molar-refractivity contribution >= 4 is 11.5 Å². The number of anilines is 2. The maximum absolute atomic E-state index is 9.08. The number of rotatable bonds is 4. The zero-order valence-corrected chi connectivity index (χ0v) is 12.3. The highest BCUT2D eigenvalue weighted by Gasteiger charge is 2.11. The Morgan fingerprint density at radius 3 is 2.73 bits per heavy atom. The van der Waals surface area contributed by atoms with Gasteiger partial charge in [0, 0.05) is 25.8 Å². The maximum Gasteiger partial charge on any atom is 0.128 e. The van der Waals surface area contributed by atoms with E-state index in [1.54, 1.807) is 0 Å². The van der Waals surface area contributed by atoms with Crippen LogP contribution in [0.3, 0.4) is 0 Å². The average molecular weight is 294 g/mol. The van der Waals surface area contributed by atoms with Crippen molar-refractivity contribution in [2.45, 2.75) is 6.54 Å². The number of benzene rings is 1. The van der Waals surface area contributed by atoms with Crippen LogP contribution in [0, 0.1) is 11.3 Å². The largest absolute Gasteiger partial charge is 0.380 e. The highest BCUT2D eigenvalue weighted by molar-refractivity contribution is 5.57. The van der Waals surface area contributed by atoms with E-state index in [4.69, 9.17) is 10.00 Å². The van der Waals surface area contributed by atoms with E-state index in [2.05, 4.69) is 27.3 Å². The third-order valence-corrected chi connectivity index (χ3v) is 3.67. The summed E-state index contributed by atoms with van der Waals surface area (Å²) in [6, 6.07) is 13.8. The van der Waals surface area contributed by atoms with Gasteiger partial charge in [0.15, 0.2) is 0 Å². The second-order valence-electron chi connectivity index (χ2n) is 5.14. The molecule has 3 rings (SSSR count). The molecule has 1 aliphatic rings. The second kappa shape index (κ2) is 6.92. The smallest absolute Gasteiger partial charge is 0.128 e. The van der Waals surface area contributed by atoms with Crippen molar-refractivity contribution in [3.05, 3.63) is 53.7 Å². The zero-order chi connectivity index (χ0) is 15.2. The Kier molecular flexibility index (Phi) is 4.52. The van der Waals surface area contributed by atoms with Crippen molar-refractivity contribution < 1.29 is 4.74 Å². The van der Waals surface area contributed by atoms with E-state index in [0.29, 0.717) is 12.1 Å². The first-order valence-corrected chi connectivity index (χ1v) is 7.37. The van der Waals surface area contributed by atoms with Gasteiger partial charge in [-0.15, -0.1) is 0 Å². The maximum atomic E-state index is 9.08. The molecule has 0 radical (unpaired) electrons. The van der Waals surface area contributed by atoms with Crippen LogP contribution in [0.1, 0.15) is 11.1 Å². The average Bonchev–Trinajstić information content (AvgIpc) is 2.61. The highest BCUT2D eigenvalue weighted by atomic mass is 16.5. The van der Waals surface area contributed by atoms with Gasteiger partial charge in [-0.1, -0.05) is 18.2 Å². The number of nitriles is 1. The summed E-state index contributed by atoms with van der Waals surface area (Å²) in [7, 11) is 0. The van der Waals surface area contributed by atoms with Gasteiger partial charge in [0.2, 0.25) is 0 Å². The van der Waals surface area contributed by atoms with Gasteiger partial charge in [0.25, 0.3) is 0 Å². The molecule has 1 aromatic carbocycles. The first kappa shape index (κ1) is 14.4. The number of pyridine rings is 1. The van der Waals surface area contributed by atoms with E-state index >= 15 is 0 Å². The van der Waals surface area contributed by atoms with Gasteiger partial charge in [-0.05, 0) is 23.8 Å². The fourth-order valence-corrected chi connectivity index (χ4v) is 2.43. The SMILES string of the molecule is N#Cc1ccccc1NCc1ccc(N2CCOCC2)nc1. The Morgan fingerprint density at radius 1 is 1.18 bits per heavy atom. The molecule has 22 heavy (non-hydrogen) atoms. The van der Waals surface area contributed by atoms with Gasteiger partial charge in [-0.3, -0.25) is 0 Å². The molecule has 0 saturated carbocycles. The number of aromatic nitrogens is 1. The molecular weight excluding hydrogens is 276 g/mol. The molecule has 2 heterocycles. The van der Waals surface area contributed by atoms with E-state index < -0.39 is 0 Å². The summed E-state index contributed by atoms with van der Waals surface area (Å²) < 4.78 is 5.35. The topological polar surface area (TPSA) is 61.2 Å². The van der Waals surface area contributed by atoms with E-state index in [1.165, 1.54) is 0 Å². The number of ether oxygens (including phenoxy) is 1. The van der Waals surface area contributed by atoms with Crippen LogP contribution >= 0.6 is 0 Å². The Balaban J connectivity index is 1.62. The molecule has 1 aromatic heterocycles. The molecule has 1 aliphatic heterocycles. The lowest BCUT2D eigenvalue weighted by atomic mass is 10.2. The number of nitrogens with one attached hydrogen (secondary N) is 1. The van der Waals surface area contributed by atoms with Gasteiger partial charge >= 0.3 is 0 Å². The van der Waals surface area contributed by atoms with Crippen molar-refractivity contribution in [3.8, 4) is 6.07 Å². The molecule has 0 atom stereocenters. The summed E-state index contributed by atoms with van der Waals surface area (Å²) in [5, 5.41) is 12.4. The second-order valence-corrected chi connectivity index (χ2v) is 5.14. The van der Waals surface area contributed by atoms with Crippen LogP contribution in [-0.4, -0.2) is 31.3 Å². The number of hydrogen-bond acceptors (Lipinski definition) is 5. The van der Waals surface area contributed by atoms with E-state index in [-0.39, 0.29) is 0 Å². The minimum Gasteiger partial charge on any atom is -0.380 e. The van der Waals surface area contributed by atoms with Crippen LogP contribution in [0.5, 0.6) is 0 Å². The Hall–Kier alpha value is -2.58. The van der Waals surface area contributed by atoms with Crippen LogP contribution < -0.4 is 10.2 Å². The van der Waals surface area contributed by atoms with E-state index in [9.17, 15) is 0 Å². The number of para-hydroxylation sites is 1. The molecule has 0 aliphatic carbocycles. The molecule has 1 N–H and O–H groups in total. The fraction of sp³-hybridized carbons (Fsp3) is 0.294. The lowest BCUT2D eigenvalue weighted by Crippen LogP contribution is -2.36. The number of nitrogens with zero attached hydrogens (tertiary/aromatic N) is 3. The Bertz CT molecular complexity index is 657. The van der Waals surface area contributed by atoms with Crippen molar-refractivity contribution in [1.82, 2.24) is 4.98 Å². The first-order chi connectivity index (χ1) is 10.9. The molecular formula is C17H18N4O. The zero-order valence-electron chi connectivity index (χ0n) is 12.3. The lowest BCUT2D eigenvalue weighted by molar-refractivity contribution is 0.122. The molecule has 1 fully saturated rings. The van der Waals surface area contributed by atoms with Crippen LogP contribution in [0.4, 0.5) is 11.5 Å². The van der Waals surface area contributed by atoms with Crippen LogP contribution in [0.25, 0.3) is 0 Å². The third kappa shape index (κ3) is 3.35. The fourth-order valence-electron chi connectivity index (χ4n) is 2.43. The van der Waals surface area contributed by atoms with E-state index in [1.807, 2.05) is 36.5 Å².